The molecule has 1 N–H and O–H groups in total. The molecule has 5 heteroatoms. The van der Waals surface area contributed by atoms with E-state index in [0.29, 0.717) is 30.0 Å². The number of aliphatic hydroxyl groups is 1. The molecule has 1 aromatic heterocycles. The Morgan fingerprint density at radius 2 is 2.24 bits per heavy atom. The van der Waals surface area contributed by atoms with Gasteiger partial charge in [0.2, 0.25) is 0 Å². The molecular formula is C16H27ClN2O2. The van der Waals surface area contributed by atoms with E-state index in [9.17, 15) is 5.11 Å². The first-order chi connectivity index (χ1) is 9.90. The molecule has 1 saturated carbocycles. The first kappa shape index (κ1) is 16.8. The molecule has 0 saturated heterocycles. The summed E-state index contributed by atoms with van der Waals surface area (Å²) in [5, 5.41) is 16.4. The average molecular weight is 315 g/mol. The van der Waals surface area contributed by atoms with Crippen LogP contribution in [0.25, 0.3) is 0 Å². The van der Waals surface area contributed by atoms with Crippen molar-refractivity contribution in [3.8, 4) is 0 Å². The lowest BCUT2D eigenvalue weighted by Crippen LogP contribution is -2.44. The molecule has 0 radical (unpaired) electrons. The molecule has 4 nitrogen and oxygen atoms in total. The number of hydrogen-bond acceptors (Lipinski definition) is 3. The van der Waals surface area contributed by atoms with E-state index in [1.54, 1.807) is 13.3 Å². The Hall–Kier alpha value is -0.580. The smallest absolute Gasteiger partial charge is 0.111 e. The molecule has 1 aromatic rings. The highest BCUT2D eigenvalue weighted by atomic mass is 35.5. The van der Waals surface area contributed by atoms with Crippen LogP contribution in [0.5, 0.6) is 0 Å². The summed E-state index contributed by atoms with van der Waals surface area (Å²) in [7, 11) is 1.67. The molecule has 0 aliphatic heterocycles. The van der Waals surface area contributed by atoms with Gasteiger partial charge in [-0.15, -0.1) is 0 Å². The van der Waals surface area contributed by atoms with E-state index in [2.05, 4.69) is 25.9 Å². The first-order valence-corrected chi connectivity index (χ1v) is 8.21. The maximum Gasteiger partial charge on any atom is 0.111 e. The van der Waals surface area contributed by atoms with Crippen LogP contribution >= 0.6 is 11.6 Å². The average Bonchev–Trinajstić information content (AvgIpc) is 2.77. The van der Waals surface area contributed by atoms with Crippen LogP contribution in [0.4, 0.5) is 0 Å². The molecule has 0 aromatic carbocycles. The Morgan fingerprint density at radius 1 is 1.52 bits per heavy atom. The zero-order valence-electron chi connectivity index (χ0n) is 13.5. The summed E-state index contributed by atoms with van der Waals surface area (Å²) in [6.07, 6.45) is 4.57. The summed E-state index contributed by atoms with van der Waals surface area (Å²) in [6.45, 7) is 7.72. The first-order valence-electron chi connectivity index (χ1n) is 7.83. The van der Waals surface area contributed by atoms with Gasteiger partial charge in [0, 0.05) is 7.11 Å². The summed E-state index contributed by atoms with van der Waals surface area (Å²) < 4.78 is 6.96. The number of methoxy groups -OCH3 is 1. The molecule has 1 aliphatic rings. The van der Waals surface area contributed by atoms with Crippen LogP contribution in [0.15, 0.2) is 6.20 Å². The van der Waals surface area contributed by atoms with Crippen molar-refractivity contribution in [1.29, 1.82) is 0 Å². The predicted molar refractivity (Wildman–Crippen MR) is 84.4 cm³/mol. The van der Waals surface area contributed by atoms with Gasteiger partial charge in [0.25, 0.3) is 0 Å². The van der Waals surface area contributed by atoms with Crippen LogP contribution in [0.3, 0.4) is 0 Å². The number of halogens is 1. The zero-order valence-corrected chi connectivity index (χ0v) is 14.2. The highest BCUT2D eigenvalue weighted by molar-refractivity contribution is 6.31. The zero-order chi connectivity index (χ0) is 15.6. The van der Waals surface area contributed by atoms with Gasteiger partial charge >= 0.3 is 0 Å². The molecule has 0 bridgehead atoms. The van der Waals surface area contributed by atoms with Crippen LogP contribution in [-0.2, 0) is 16.9 Å². The van der Waals surface area contributed by atoms with Crippen molar-refractivity contribution in [2.45, 2.75) is 52.2 Å². The van der Waals surface area contributed by atoms with Gasteiger partial charge in [-0.1, -0.05) is 38.8 Å². The lowest BCUT2D eigenvalue weighted by molar-refractivity contribution is -0.0928. The van der Waals surface area contributed by atoms with Crippen molar-refractivity contribution in [2.75, 3.05) is 13.7 Å². The largest absolute Gasteiger partial charge is 0.383 e. The van der Waals surface area contributed by atoms with E-state index >= 15 is 0 Å². The highest BCUT2D eigenvalue weighted by Gasteiger charge is 2.47. The van der Waals surface area contributed by atoms with Gasteiger partial charge in [-0.25, -0.2) is 0 Å². The summed E-state index contributed by atoms with van der Waals surface area (Å²) >= 11 is 6.38. The quantitative estimate of drug-likeness (QED) is 0.905. The third-order valence-electron chi connectivity index (χ3n) is 4.76. The Morgan fingerprint density at radius 3 is 2.86 bits per heavy atom. The molecule has 3 unspecified atom stereocenters. The monoisotopic (exact) mass is 314 g/mol. The molecule has 0 amide bonds. The third-order valence-corrected chi connectivity index (χ3v) is 5.04. The minimum atomic E-state index is -0.896. The predicted octanol–water partition coefficient (Wildman–Crippen LogP) is 3.46. The van der Waals surface area contributed by atoms with Crippen molar-refractivity contribution in [2.24, 2.45) is 17.8 Å². The van der Waals surface area contributed by atoms with Crippen molar-refractivity contribution in [1.82, 2.24) is 9.78 Å². The Labute approximate surface area is 132 Å². The second kappa shape index (κ2) is 6.67. The summed E-state index contributed by atoms with van der Waals surface area (Å²) in [5.74, 6) is 1.11. The van der Waals surface area contributed by atoms with Crippen LogP contribution in [0.1, 0.15) is 45.7 Å². The van der Waals surface area contributed by atoms with Gasteiger partial charge in [0.1, 0.15) is 5.60 Å². The van der Waals surface area contributed by atoms with Crippen molar-refractivity contribution >= 4 is 11.6 Å². The van der Waals surface area contributed by atoms with E-state index in [4.69, 9.17) is 16.3 Å². The van der Waals surface area contributed by atoms with Gasteiger partial charge in [-0.2, -0.15) is 5.10 Å². The van der Waals surface area contributed by atoms with Crippen LogP contribution in [-0.4, -0.2) is 28.6 Å². The number of hydrogen-bond donors (Lipinski definition) is 1. The minimum absolute atomic E-state index is 0.212. The fourth-order valence-corrected chi connectivity index (χ4v) is 4.09. The number of aromatic nitrogens is 2. The van der Waals surface area contributed by atoms with E-state index in [1.165, 1.54) is 0 Å². The standard InChI is InChI=1S/C16H27ClN2O2/c1-11(2)13-6-5-12(3)9-16(13,20)15-14(17)10-18-19(15)7-8-21-4/h10-13,20H,5-9H2,1-4H3. The van der Waals surface area contributed by atoms with Gasteiger partial charge in [0.15, 0.2) is 0 Å². The van der Waals surface area contributed by atoms with E-state index in [1.807, 2.05) is 4.68 Å². The van der Waals surface area contributed by atoms with Crippen LogP contribution < -0.4 is 0 Å². The lowest BCUT2D eigenvalue weighted by Gasteiger charge is -2.45. The molecular weight excluding hydrogens is 288 g/mol. The lowest BCUT2D eigenvalue weighted by atomic mass is 9.65. The highest BCUT2D eigenvalue weighted by Crippen LogP contribution is 2.48. The topological polar surface area (TPSA) is 47.3 Å². The summed E-state index contributed by atoms with van der Waals surface area (Å²) in [6, 6.07) is 0. The normalized spacial score (nSPS) is 30.0. The molecule has 1 fully saturated rings. The van der Waals surface area contributed by atoms with Gasteiger partial charge in [0.05, 0.1) is 30.1 Å². The van der Waals surface area contributed by atoms with Crippen molar-refractivity contribution < 1.29 is 9.84 Å². The van der Waals surface area contributed by atoms with Crippen molar-refractivity contribution in [3.05, 3.63) is 16.9 Å². The molecule has 120 valence electrons. The molecule has 2 rings (SSSR count). The molecule has 0 spiro atoms. The third kappa shape index (κ3) is 3.27. The second-order valence-electron chi connectivity index (χ2n) is 6.72. The van der Waals surface area contributed by atoms with Gasteiger partial charge in [-0.3, -0.25) is 4.68 Å². The van der Waals surface area contributed by atoms with Gasteiger partial charge in [-0.05, 0) is 30.6 Å². The fraction of sp³-hybridized carbons (Fsp3) is 0.812. The fourth-order valence-electron chi connectivity index (χ4n) is 3.78. The maximum atomic E-state index is 11.5. The Balaban J connectivity index is 2.42. The maximum absolute atomic E-state index is 11.5. The van der Waals surface area contributed by atoms with E-state index < -0.39 is 5.60 Å². The minimum Gasteiger partial charge on any atom is -0.383 e. The molecule has 1 heterocycles. The van der Waals surface area contributed by atoms with E-state index in [0.717, 1.165) is 25.0 Å². The number of nitrogens with zero attached hydrogens (tertiary/aromatic N) is 2. The Kier molecular flexibility index (Phi) is 5.33. The number of rotatable bonds is 5. The molecule has 1 aliphatic carbocycles. The SMILES string of the molecule is COCCn1ncc(Cl)c1C1(O)CC(C)CCC1C(C)C. The summed E-state index contributed by atoms with van der Waals surface area (Å²) in [5.41, 5.74) is -0.126. The van der Waals surface area contributed by atoms with Crippen LogP contribution in [0.2, 0.25) is 5.02 Å². The summed E-state index contributed by atoms with van der Waals surface area (Å²) in [4.78, 5) is 0. The van der Waals surface area contributed by atoms with Crippen LogP contribution in [0, 0.1) is 17.8 Å². The molecule has 21 heavy (non-hydrogen) atoms. The van der Waals surface area contributed by atoms with Crippen molar-refractivity contribution in [3.63, 3.8) is 0 Å². The second-order valence-corrected chi connectivity index (χ2v) is 7.13. The Bertz CT molecular complexity index is 475. The number of ether oxygens (including phenoxy) is 1. The molecule has 3 atom stereocenters. The van der Waals surface area contributed by atoms with Gasteiger partial charge < -0.3 is 9.84 Å². The van der Waals surface area contributed by atoms with E-state index in [-0.39, 0.29) is 5.92 Å².